The van der Waals surface area contributed by atoms with E-state index in [1.165, 1.54) is 18.9 Å². The summed E-state index contributed by atoms with van der Waals surface area (Å²) in [5.41, 5.74) is 1.91. The maximum absolute atomic E-state index is 12.8. The molecule has 1 fully saturated rings. The fourth-order valence-electron chi connectivity index (χ4n) is 2.91. The largest absolute Gasteiger partial charge is 0.466 e. The van der Waals surface area contributed by atoms with E-state index in [0.29, 0.717) is 16.4 Å². The molecule has 0 radical (unpaired) electrons. The maximum atomic E-state index is 12.8. The van der Waals surface area contributed by atoms with Gasteiger partial charge in [-0.15, -0.1) is 0 Å². The Morgan fingerprint density at radius 3 is 2.65 bits per heavy atom. The molecular weight excluding hydrogens is 312 g/mol. The van der Waals surface area contributed by atoms with Crippen molar-refractivity contribution in [3.05, 3.63) is 47.2 Å². The van der Waals surface area contributed by atoms with E-state index in [-0.39, 0.29) is 11.2 Å². The molecule has 0 bridgehead atoms. The summed E-state index contributed by atoms with van der Waals surface area (Å²) < 4.78 is 4.94. The zero-order chi connectivity index (χ0) is 16.6. The minimum atomic E-state index is -0.479. The van der Waals surface area contributed by atoms with Crippen LogP contribution >= 0.6 is 11.8 Å². The van der Waals surface area contributed by atoms with Crippen LogP contribution in [0.25, 0.3) is 0 Å². The minimum absolute atomic E-state index is 0.000920. The lowest BCUT2D eigenvalue weighted by molar-refractivity contribution is -0.137. The van der Waals surface area contributed by atoms with Gasteiger partial charge >= 0.3 is 5.97 Å². The Hall–Kier alpha value is -2.08. The van der Waals surface area contributed by atoms with Crippen molar-refractivity contribution in [1.29, 1.82) is 0 Å². The van der Waals surface area contributed by atoms with Gasteiger partial charge in [-0.2, -0.15) is 0 Å². The number of esters is 1. The second kappa shape index (κ2) is 6.20. The fraction of sp³-hybridized carbons (Fsp3) is 0.353. The van der Waals surface area contributed by atoms with Crippen molar-refractivity contribution in [1.82, 2.24) is 4.90 Å². The molecule has 120 valence electrons. The number of carbonyl (C=O) groups is 2. The van der Waals surface area contributed by atoms with Crippen LogP contribution in [0.4, 0.5) is 0 Å². The molecule has 0 aliphatic carbocycles. The van der Waals surface area contributed by atoms with Gasteiger partial charge in [0.15, 0.2) is 5.17 Å². The third kappa shape index (κ3) is 2.57. The summed E-state index contributed by atoms with van der Waals surface area (Å²) in [5, 5.41) is 0.519. The van der Waals surface area contributed by atoms with Crippen LogP contribution in [0.15, 0.2) is 46.6 Å². The van der Waals surface area contributed by atoms with Gasteiger partial charge in [0.2, 0.25) is 5.91 Å². The van der Waals surface area contributed by atoms with Crippen molar-refractivity contribution in [3.8, 4) is 0 Å². The summed E-state index contributed by atoms with van der Waals surface area (Å²) in [6.07, 6.45) is 0.729. The topological polar surface area (TPSA) is 59.0 Å². The highest BCUT2D eigenvalue weighted by atomic mass is 32.2. The van der Waals surface area contributed by atoms with Gasteiger partial charge in [0, 0.05) is 0 Å². The van der Waals surface area contributed by atoms with Crippen molar-refractivity contribution < 1.29 is 14.3 Å². The number of benzene rings is 1. The van der Waals surface area contributed by atoms with E-state index in [2.05, 4.69) is 4.99 Å². The summed E-state index contributed by atoms with van der Waals surface area (Å²) in [5.74, 6) is -0.448. The highest BCUT2D eigenvalue weighted by Gasteiger charge is 2.46. The Bertz CT molecular complexity index is 712. The highest BCUT2D eigenvalue weighted by molar-refractivity contribution is 8.15. The predicted molar refractivity (Wildman–Crippen MR) is 89.9 cm³/mol. The summed E-state index contributed by atoms with van der Waals surface area (Å²) in [6, 6.07) is 9.06. The van der Waals surface area contributed by atoms with E-state index in [0.717, 1.165) is 12.0 Å². The van der Waals surface area contributed by atoms with E-state index in [9.17, 15) is 9.59 Å². The quantitative estimate of drug-likeness (QED) is 0.800. The first-order valence-corrected chi connectivity index (χ1v) is 8.38. The smallest absolute Gasteiger partial charge is 0.338 e. The molecule has 1 saturated heterocycles. The Kier molecular flexibility index (Phi) is 4.26. The number of aliphatic imine (C=N–C) groups is 1. The number of hydrogen-bond acceptors (Lipinski definition) is 5. The number of hydrogen-bond donors (Lipinski definition) is 0. The van der Waals surface area contributed by atoms with E-state index in [4.69, 9.17) is 4.74 Å². The van der Waals surface area contributed by atoms with Crippen molar-refractivity contribution in [3.63, 3.8) is 0 Å². The Labute approximate surface area is 139 Å². The van der Waals surface area contributed by atoms with Gasteiger partial charge in [0.05, 0.1) is 29.7 Å². The molecule has 2 aliphatic heterocycles. The number of methoxy groups -OCH3 is 1. The monoisotopic (exact) mass is 330 g/mol. The zero-order valence-electron chi connectivity index (χ0n) is 13.3. The fourth-order valence-corrected chi connectivity index (χ4v) is 4.04. The molecule has 2 atom stereocenters. The Morgan fingerprint density at radius 1 is 1.35 bits per heavy atom. The molecule has 1 amide bonds. The first-order chi connectivity index (χ1) is 11.1. The number of fused-ring (bicyclic) bond motifs is 1. The number of rotatable bonds is 3. The third-order valence-electron chi connectivity index (χ3n) is 4.04. The van der Waals surface area contributed by atoms with Crippen LogP contribution in [0.3, 0.4) is 0 Å². The molecule has 1 aromatic rings. The summed E-state index contributed by atoms with van der Waals surface area (Å²) in [4.78, 5) is 31.2. The van der Waals surface area contributed by atoms with Crippen LogP contribution < -0.4 is 0 Å². The Balaban J connectivity index is 2.15. The average molecular weight is 330 g/mol. The predicted octanol–water partition coefficient (Wildman–Crippen LogP) is 2.90. The number of ether oxygens (including phenoxy) is 1. The maximum Gasteiger partial charge on any atom is 0.338 e. The lowest BCUT2D eigenvalue weighted by Gasteiger charge is -2.32. The molecule has 0 spiro atoms. The molecular formula is C17H18N2O3S. The second-order valence-corrected chi connectivity index (χ2v) is 6.59. The molecule has 0 saturated carbocycles. The van der Waals surface area contributed by atoms with Crippen LogP contribution in [0.5, 0.6) is 0 Å². The first-order valence-electron chi connectivity index (χ1n) is 7.51. The number of allylic oxidation sites excluding steroid dienone is 1. The highest BCUT2D eigenvalue weighted by Crippen LogP contribution is 2.43. The number of nitrogens with zero attached hydrogens (tertiary/aromatic N) is 2. The van der Waals surface area contributed by atoms with Crippen LogP contribution in [0.2, 0.25) is 0 Å². The number of thioether (sulfide) groups is 1. The molecule has 23 heavy (non-hydrogen) atoms. The number of amides is 1. The van der Waals surface area contributed by atoms with Gasteiger partial charge in [-0.3, -0.25) is 9.69 Å². The van der Waals surface area contributed by atoms with Crippen LogP contribution in [0, 0.1) is 0 Å². The van der Waals surface area contributed by atoms with E-state index < -0.39 is 12.0 Å². The van der Waals surface area contributed by atoms with Crippen LogP contribution in [-0.4, -0.2) is 34.3 Å². The molecule has 2 unspecified atom stereocenters. The van der Waals surface area contributed by atoms with Crippen molar-refractivity contribution in [2.75, 3.05) is 7.11 Å². The van der Waals surface area contributed by atoms with Gasteiger partial charge in [-0.05, 0) is 18.9 Å². The van der Waals surface area contributed by atoms with Crippen LogP contribution in [-0.2, 0) is 14.3 Å². The van der Waals surface area contributed by atoms with Gasteiger partial charge in [-0.25, -0.2) is 9.79 Å². The third-order valence-corrected chi connectivity index (χ3v) is 5.36. The summed E-state index contributed by atoms with van der Waals surface area (Å²) >= 11 is 1.47. The second-order valence-electron chi connectivity index (χ2n) is 5.42. The lowest BCUT2D eigenvalue weighted by atomic mass is 9.94. The molecule has 5 nitrogen and oxygen atoms in total. The van der Waals surface area contributed by atoms with Gasteiger partial charge in [0.25, 0.3) is 0 Å². The Morgan fingerprint density at radius 2 is 2.04 bits per heavy atom. The molecule has 2 aliphatic rings. The van der Waals surface area contributed by atoms with Gasteiger partial charge < -0.3 is 4.74 Å². The summed E-state index contributed by atoms with van der Waals surface area (Å²) in [6.45, 7) is 3.77. The average Bonchev–Trinajstić information content (AvgIpc) is 2.89. The van der Waals surface area contributed by atoms with E-state index in [1.807, 2.05) is 37.3 Å². The number of carbonyl (C=O) groups excluding carboxylic acids is 2. The first kappa shape index (κ1) is 15.8. The van der Waals surface area contributed by atoms with Crippen molar-refractivity contribution >= 4 is 28.8 Å². The molecule has 0 aromatic heterocycles. The minimum Gasteiger partial charge on any atom is -0.466 e. The molecule has 2 heterocycles. The van der Waals surface area contributed by atoms with E-state index in [1.54, 1.807) is 11.8 Å². The normalized spacial score (nSPS) is 23.7. The number of amidine groups is 1. The summed E-state index contributed by atoms with van der Waals surface area (Å²) in [7, 11) is 1.35. The van der Waals surface area contributed by atoms with Crippen molar-refractivity contribution in [2.24, 2.45) is 4.99 Å². The molecule has 3 rings (SSSR count). The van der Waals surface area contributed by atoms with Crippen LogP contribution in [0.1, 0.15) is 31.9 Å². The zero-order valence-corrected chi connectivity index (χ0v) is 14.1. The SMILES string of the molecule is CCC1SC2=NC(C)=C(C(=O)OC)C(c3ccccc3)N2C1=O. The van der Waals surface area contributed by atoms with Gasteiger partial charge in [-0.1, -0.05) is 49.0 Å². The molecule has 6 heteroatoms. The van der Waals surface area contributed by atoms with E-state index >= 15 is 0 Å². The lowest BCUT2D eigenvalue weighted by Crippen LogP contribution is -2.40. The van der Waals surface area contributed by atoms with Gasteiger partial charge in [0.1, 0.15) is 0 Å². The van der Waals surface area contributed by atoms with Crippen molar-refractivity contribution in [2.45, 2.75) is 31.6 Å². The standard InChI is InChI=1S/C17H18N2O3S/c1-4-12-15(20)19-14(11-8-6-5-7-9-11)13(16(21)22-3)10(2)18-17(19)23-12/h5-9,12,14H,4H2,1-3H3. The molecule has 0 N–H and O–H groups in total. The molecule has 1 aromatic carbocycles.